The molecule has 3 nitrogen and oxygen atoms in total. The number of fused-ring (bicyclic) bond motifs is 1. The van der Waals surface area contributed by atoms with Crippen molar-refractivity contribution in [1.29, 1.82) is 0 Å². The molecule has 1 aromatic carbocycles. The van der Waals surface area contributed by atoms with E-state index in [2.05, 4.69) is 10.2 Å². The molecule has 0 aromatic heterocycles. The second kappa shape index (κ2) is 5.88. The maximum absolute atomic E-state index is 6.32. The van der Waals surface area contributed by atoms with Crippen LogP contribution in [0.1, 0.15) is 31.2 Å². The van der Waals surface area contributed by atoms with Crippen LogP contribution >= 0.6 is 23.8 Å². The van der Waals surface area contributed by atoms with Crippen molar-refractivity contribution in [2.24, 2.45) is 5.73 Å². The van der Waals surface area contributed by atoms with Crippen molar-refractivity contribution in [3.05, 3.63) is 28.8 Å². The molecule has 3 N–H and O–H groups in total. The van der Waals surface area contributed by atoms with E-state index in [9.17, 15) is 0 Å². The Morgan fingerprint density at radius 2 is 2.20 bits per heavy atom. The third kappa shape index (κ3) is 2.92. The van der Waals surface area contributed by atoms with Gasteiger partial charge in [-0.25, -0.2) is 0 Å². The maximum Gasteiger partial charge on any atom is 0.104 e. The Morgan fingerprint density at radius 1 is 1.35 bits per heavy atom. The number of benzene rings is 1. The van der Waals surface area contributed by atoms with Gasteiger partial charge in [-0.05, 0) is 50.4 Å². The smallest absolute Gasteiger partial charge is 0.104 e. The van der Waals surface area contributed by atoms with Gasteiger partial charge in [-0.3, -0.25) is 0 Å². The van der Waals surface area contributed by atoms with E-state index in [1.807, 2.05) is 18.2 Å². The number of nitrogens with zero attached hydrogens (tertiary/aromatic N) is 1. The van der Waals surface area contributed by atoms with E-state index in [1.54, 1.807) is 0 Å². The largest absolute Gasteiger partial charge is 0.389 e. The molecule has 108 valence electrons. The van der Waals surface area contributed by atoms with Gasteiger partial charge in [0.1, 0.15) is 4.99 Å². The van der Waals surface area contributed by atoms with E-state index < -0.39 is 0 Å². The van der Waals surface area contributed by atoms with Crippen molar-refractivity contribution in [3.63, 3.8) is 0 Å². The minimum Gasteiger partial charge on any atom is -0.389 e. The van der Waals surface area contributed by atoms with Crippen molar-refractivity contribution in [2.75, 3.05) is 18.4 Å². The predicted molar refractivity (Wildman–Crippen MR) is 88.6 cm³/mol. The van der Waals surface area contributed by atoms with Gasteiger partial charge in [-0.15, -0.1) is 0 Å². The van der Waals surface area contributed by atoms with Crippen LogP contribution in [-0.4, -0.2) is 35.1 Å². The number of anilines is 1. The molecule has 5 heteroatoms. The van der Waals surface area contributed by atoms with Crippen LogP contribution in [0.4, 0.5) is 5.69 Å². The van der Waals surface area contributed by atoms with Crippen molar-refractivity contribution in [2.45, 2.75) is 37.8 Å². The molecule has 0 bridgehead atoms. The second-order valence-electron chi connectivity index (χ2n) is 5.76. The summed E-state index contributed by atoms with van der Waals surface area (Å²) in [5.74, 6) is 0. The fraction of sp³-hybridized carbons (Fsp3) is 0.533. The van der Waals surface area contributed by atoms with Gasteiger partial charge >= 0.3 is 0 Å². The zero-order valence-corrected chi connectivity index (χ0v) is 13.0. The zero-order valence-electron chi connectivity index (χ0n) is 11.4. The Hall–Kier alpha value is -0.840. The summed E-state index contributed by atoms with van der Waals surface area (Å²) in [6, 6.07) is 7.04. The topological polar surface area (TPSA) is 41.3 Å². The summed E-state index contributed by atoms with van der Waals surface area (Å²) in [6.07, 6.45) is 5.09. The molecule has 3 rings (SSSR count). The first-order chi connectivity index (χ1) is 9.63. The first-order valence-corrected chi connectivity index (χ1v) is 8.02. The molecule has 2 unspecified atom stereocenters. The van der Waals surface area contributed by atoms with Gasteiger partial charge in [-0.2, -0.15) is 0 Å². The summed E-state index contributed by atoms with van der Waals surface area (Å²) in [6.45, 7) is 2.48. The molecule has 2 fully saturated rings. The van der Waals surface area contributed by atoms with Gasteiger partial charge in [0, 0.05) is 24.2 Å². The van der Waals surface area contributed by atoms with E-state index in [0.717, 1.165) is 17.3 Å². The SMILES string of the molecule is NC(=S)c1ccc(NC2CCN3CCCC3C2)c(Cl)c1. The van der Waals surface area contributed by atoms with E-state index in [1.165, 1.54) is 38.8 Å². The average molecular weight is 310 g/mol. The highest BCUT2D eigenvalue weighted by Gasteiger charge is 2.31. The molecule has 2 saturated heterocycles. The lowest BCUT2D eigenvalue weighted by Crippen LogP contribution is -2.42. The monoisotopic (exact) mass is 309 g/mol. The van der Waals surface area contributed by atoms with Crippen LogP contribution in [0, 0.1) is 0 Å². The number of rotatable bonds is 3. The molecule has 2 aliphatic rings. The fourth-order valence-corrected chi connectivity index (χ4v) is 3.72. The van der Waals surface area contributed by atoms with Crippen LogP contribution < -0.4 is 11.1 Å². The second-order valence-corrected chi connectivity index (χ2v) is 6.60. The van der Waals surface area contributed by atoms with Crippen LogP contribution in [0.3, 0.4) is 0 Å². The standard InChI is InChI=1S/C15H20ClN3S/c16-13-8-10(15(17)20)3-4-14(13)18-11-5-7-19-6-1-2-12(19)9-11/h3-4,8,11-12,18H,1-2,5-7,9H2,(H2,17,20). The highest BCUT2D eigenvalue weighted by atomic mass is 35.5. The molecule has 20 heavy (non-hydrogen) atoms. The van der Waals surface area contributed by atoms with Gasteiger partial charge in [0.25, 0.3) is 0 Å². The van der Waals surface area contributed by atoms with Crippen LogP contribution in [0.5, 0.6) is 0 Å². The summed E-state index contributed by atoms with van der Waals surface area (Å²) in [7, 11) is 0. The van der Waals surface area contributed by atoms with Crippen LogP contribution in [0.2, 0.25) is 5.02 Å². The number of nitrogens with one attached hydrogen (secondary N) is 1. The highest BCUT2D eigenvalue weighted by molar-refractivity contribution is 7.80. The first-order valence-electron chi connectivity index (χ1n) is 7.23. The van der Waals surface area contributed by atoms with Gasteiger partial charge in [0.05, 0.1) is 10.7 Å². The number of halogens is 1. The van der Waals surface area contributed by atoms with E-state index in [4.69, 9.17) is 29.6 Å². The molecule has 0 saturated carbocycles. The van der Waals surface area contributed by atoms with Crippen LogP contribution in [-0.2, 0) is 0 Å². The van der Waals surface area contributed by atoms with Crippen LogP contribution in [0.15, 0.2) is 18.2 Å². The summed E-state index contributed by atoms with van der Waals surface area (Å²) in [5, 5.41) is 4.28. The van der Waals surface area contributed by atoms with E-state index in [0.29, 0.717) is 16.1 Å². The Morgan fingerprint density at radius 3 is 2.95 bits per heavy atom. The van der Waals surface area contributed by atoms with Crippen LogP contribution in [0.25, 0.3) is 0 Å². The normalized spacial score (nSPS) is 26.2. The Labute approximate surface area is 130 Å². The minimum atomic E-state index is 0.387. The zero-order chi connectivity index (χ0) is 14.1. The molecule has 2 aliphatic heterocycles. The third-order valence-corrected chi connectivity index (χ3v) is 4.98. The quantitative estimate of drug-likeness (QED) is 0.842. The molecule has 0 radical (unpaired) electrons. The van der Waals surface area contributed by atoms with Crippen molar-refractivity contribution in [1.82, 2.24) is 4.90 Å². The Bertz CT molecular complexity index is 520. The van der Waals surface area contributed by atoms with Crippen molar-refractivity contribution < 1.29 is 0 Å². The molecule has 0 spiro atoms. The van der Waals surface area contributed by atoms with E-state index >= 15 is 0 Å². The molecular formula is C15H20ClN3S. The number of hydrogen-bond acceptors (Lipinski definition) is 3. The molecule has 2 atom stereocenters. The fourth-order valence-electron chi connectivity index (χ4n) is 3.36. The van der Waals surface area contributed by atoms with Crippen molar-refractivity contribution in [3.8, 4) is 0 Å². The lowest BCUT2D eigenvalue weighted by molar-refractivity contribution is 0.188. The summed E-state index contributed by atoms with van der Waals surface area (Å²) in [4.78, 5) is 3.01. The van der Waals surface area contributed by atoms with Gasteiger partial charge in [0.2, 0.25) is 0 Å². The van der Waals surface area contributed by atoms with Gasteiger partial charge < -0.3 is 16.0 Å². The summed E-state index contributed by atoms with van der Waals surface area (Å²) < 4.78 is 0. The van der Waals surface area contributed by atoms with Gasteiger partial charge in [0.15, 0.2) is 0 Å². The molecular weight excluding hydrogens is 290 g/mol. The average Bonchev–Trinajstić information content (AvgIpc) is 2.88. The lowest BCUT2D eigenvalue weighted by atomic mass is 9.97. The maximum atomic E-state index is 6.32. The highest BCUT2D eigenvalue weighted by Crippen LogP contribution is 2.30. The first kappa shape index (κ1) is 14.1. The number of nitrogens with two attached hydrogens (primary N) is 1. The molecule has 0 amide bonds. The number of piperidine rings is 1. The van der Waals surface area contributed by atoms with Crippen molar-refractivity contribution >= 4 is 34.5 Å². The van der Waals surface area contributed by atoms with Gasteiger partial charge in [-0.1, -0.05) is 23.8 Å². The molecule has 2 heterocycles. The Kier molecular flexibility index (Phi) is 4.15. The minimum absolute atomic E-state index is 0.387. The lowest BCUT2D eigenvalue weighted by Gasteiger charge is -2.35. The number of thiocarbonyl (C=S) groups is 1. The summed E-state index contributed by atoms with van der Waals surface area (Å²) in [5.41, 5.74) is 7.43. The Balaban J connectivity index is 1.67. The molecule has 1 aromatic rings. The molecule has 0 aliphatic carbocycles. The summed E-state index contributed by atoms with van der Waals surface area (Å²) >= 11 is 11.3. The van der Waals surface area contributed by atoms with E-state index in [-0.39, 0.29) is 0 Å². The number of hydrogen-bond donors (Lipinski definition) is 2. The predicted octanol–water partition coefficient (Wildman–Crippen LogP) is 3.01. The third-order valence-electron chi connectivity index (χ3n) is 4.43.